The van der Waals surface area contributed by atoms with Gasteiger partial charge in [0.15, 0.2) is 5.16 Å². The third-order valence-corrected chi connectivity index (χ3v) is 6.08. The van der Waals surface area contributed by atoms with Gasteiger partial charge in [-0.25, -0.2) is 9.78 Å². The minimum Gasteiger partial charge on any atom is -0.307 e. The lowest BCUT2D eigenvalue weighted by Gasteiger charge is -2.13. The summed E-state index contributed by atoms with van der Waals surface area (Å²) in [6.07, 6.45) is 1.86. The number of aryl methyl sites for hydroxylation is 1. The number of imide groups is 1. The maximum Gasteiger partial charge on any atom is 0.325 e. The Morgan fingerprint density at radius 3 is 2.67 bits per heavy atom. The number of benzene rings is 2. The van der Waals surface area contributed by atoms with Crippen LogP contribution in [0.4, 0.5) is 10.5 Å². The summed E-state index contributed by atoms with van der Waals surface area (Å²) in [5, 5.41) is 6.12. The Balaban J connectivity index is 1.44. The fraction of sp³-hybridized carbons (Fsp3) is 0.273. The van der Waals surface area contributed by atoms with Gasteiger partial charge < -0.3 is 5.32 Å². The standard InChI is InChI=1S/C22H22N4O3S/c1-13-6-5-9-17(14(13)2)23-21(29)25-19(27)12-30-22-24-18-8-4-3-7-16(18)20(28)26(22)15-10-11-15/h3-9,15H,10-12H2,1-2H3,(H2,23,25,27,29). The number of hydrogen-bond acceptors (Lipinski definition) is 5. The average molecular weight is 423 g/mol. The molecule has 1 aliphatic rings. The lowest BCUT2D eigenvalue weighted by molar-refractivity contribution is -0.117. The number of aromatic nitrogens is 2. The molecule has 3 aromatic rings. The van der Waals surface area contributed by atoms with Gasteiger partial charge in [-0.1, -0.05) is 36.0 Å². The van der Waals surface area contributed by atoms with E-state index < -0.39 is 11.9 Å². The molecule has 1 aliphatic carbocycles. The van der Waals surface area contributed by atoms with Gasteiger partial charge in [0.1, 0.15) is 0 Å². The van der Waals surface area contributed by atoms with Crippen LogP contribution in [0.3, 0.4) is 0 Å². The molecule has 2 N–H and O–H groups in total. The summed E-state index contributed by atoms with van der Waals surface area (Å²) in [7, 11) is 0. The molecule has 1 saturated carbocycles. The monoisotopic (exact) mass is 422 g/mol. The smallest absolute Gasteiger partial charge is 0.307 e. The van der Waals surface area contributed by atoms with Gasteiger partial charge in [-0.15, -0.1) is 0 Å². The van der Waals surface area contributed by atoms with Crippen molar-refractivity contribution in [2.24, 2.45) is 0 Å². The van der Waals surface area contributed by atoms with E-state index in [1.807, 2.05) is 38.1 Å². The first-order valence-electron chi connectivity index (χ1n) is 9.75. The second kappa shape index (κ2) is 8.31. The highest BCUT2D eigenvalue weighted by atomic mass is 32.2. The first kappa shape index (κ1) is 20.2. The van der Waals surface area contributed by atoms with Crippen LogP contribution in [-0.4, -0.2) is 27.2 Å². The molecule has 0 atom stereocenters. The van der Waals surface area contributed by atoms with Crippen LogP contribution in [0.5, 0.6) is 0 Å². The summed E-state index contributed by atoms with van der Waals surface area (Å²) in [4.78, 5) is 41.9. The Kier molecular flexibility index (Phi) is 5.59. The average Bonchev–Trinajstić information content (AvgIpc) is 3.55. The van der Waals surface area contributed by atoms with Crippen molar-refractivity contribution in [2.75, 3.05) is 11.1 Å². The van der Waals surface area contributed by atoms with E-state index in [-0.39, 0.29) is 17.4 Å². The summed E-state index contributed by atoms with van der Waals surface area (Å²) in [5.41, 5.74) is 3.18. The molecule has 154 valence electrons. The van der Waals surface area contributed by atoms with Gasteiger partial charge in [-0.2, -0.15) is 0 Å². The van der Waals surface area contributed by atoms with Crippen molar-refractivity contribution >= 4 is 40.3 Å². The maximum absolute atomic E-state index is 12.9. The highest BCUT2D eigenvalue weighted by Gasteiger charge is 2.28. The topological polar surface area (TPSA) is 93.1 Å². The van der Waals surface area contributed by atoms with E-state index in [9.17, 15) is 14.4 Å². The second-order valence-corrected chi connectivity index (χ2v) is 8.30. The molecule has 1 aromatic heterocycles. The molecule has 1 heterocycles. The Morgan fingerprint density at radius 2 is 1.90 bits per heavy atom. The summed E-state index contributed by atoms with van der Waals surface area (Å²) >= 11 is 1.17. The Labute approximate surface area is 177 Å². The van der Waals surface area contributed by atoms with Crippen molar-refractivity contribution in [3.05, 3.63) is 63.9 Å². The number of nitrogens with zero attached hydrogens (tertiary/aromatic N) is 2. The van der Waals surface area contributed by atoms with Crippen LogP contribution in [0, 0.1) is 13.8 Å². The van der Waals surface area contributed by atoms with Crippen LogP contribution in [0.15, 0.2) is 52.4 Å². The maximum atomic E-state index is 12.9. The van der Waals surface area contributed by atoms with E-state index in [1.165, 1.54) is 11.8 Å². The number of carbonyl (C=O) groups excluding carboxylic acids is 2. The van der Waals surface area contributed by atoms with Gasteiger partial charge in [-0.05, 0) is 56.0 Å². The van der Waals surface area contributed by atoms with Crippen molar-refractivity contribution in [1.82, 2.24) is 14.9 Å². The van der Waals surface area contributed by atoms with E-state index in [4.69, 9.17) is 0 Å². The number of amides is 3. The summed E-state index contributed by atoms with van der Waals surface area (Å²) in [6.45, 7) is 3.86. The number of nitrogens with one attached hydrogen (secondary N) is 2. The van der Waals surface area contributed by atoms with Crippen LogP contribution < -0.4 is 16.2 Å². The Morgan fingerprint density at radius 1 is 1.13 bits per heavy atom. The quantitative estimate of drug-likeness (QED) is 0.482. The largest absolute Gasteiger partial charge is 0.325 e. The van der Waals surface area contributed by atoms with E-state index >= 15 is 0 Å². The molecular formula is C22H22N4O3S. The van der Waals surface area contributed by atoms with Gasteiger partial charge in [0.25, 0.3) is 5.56 Å². The predicted molar refractivity (Wildman–Crippen MR) is 118 cm³/mol. The van der Waals surface area contributed by atoms with Crippen LogP contribution >= 0.6 is 11.8 Å². The zero-order chi connectivity index (χ0) is 21.3. The zero-order valence-electron chi connectivity index (χ0n) is 16.8. The number of carbonyl (C=O) groups is 2. The SMILES string of the molecule is Cc1cccc(NC(=O)NC(=O)CSc2nc3ccccc3c(=O)n2C2CC2)c1C. The van der Waals surface area contributed by atoms with Gasteiger partial charge in [0.05, 0.1) is 16.7 Å². The van der Waals surface area contributed by atoms with Gasteiger partial charge in [-0.3, -0.25) is 19.5 Å². The molecule has 2 aromatic carbocycles. The molecule has 0 radical (unpaired) electrons. The van der Waals surface area contributed by atoms with Crippen LogP contribution in [0.25, 0.3) is 10.9 Å². The van der Waals surface area contributed by atoms with Crippen LogP contribution in [-0.2, 0) is 4.79 Å². The fourth-order valence-electron chi connectivity index (χ4n) is 3.21. The fourth-order valence-corrected chi connectivity index (χ4v) is 4.08. The highest BCUT2D eigenvalue weighted by molar-refractivity contribution is 7.99. The van der Waals surface area contributed by atoms with Crippen molar-refractivity contribution in [2.45, 2.75) is 37.9 Å². The predicted octanol–water partition coefficient (Wildman–Crippen LogP) is 3.79. The van der Waals surface area contributed by atoms with Gasteiger partial charge in [0, 0.05) is 11.7 Å². The first-order valence-corrected chi connectivity index (χ1v) is 10.7. The molecule has 30 heavy (non-hydrogen) atoms. The zero-order valence-corrected chi connectivity index (χ0v) is 17.6. The first-order chi connectivity index (χ1) is 14.4. The number of thioether (sulfide) groups is 1. The Hall–Kier alpha value is -3.13. The van der Waals surface area contributed by atoms with Gasteiger partial charge >= 0.3 is 6.03 Å². The van der Waals surface area contributed by atoms with E-state index in [0.29, 0.717) is 21.7 Å². The van der Waals surface area contributed by atoms with Crippen molar-refractivity contribution in [3.63, 3.8) is 0 Å². The summed E-state index contributed by atoms with van der Waals surface area (Å²) in [5.74, 6) is -0.467. The number of hydrogen-bond donors (Lipinski definition) is 2. The van der Waals surface area contributed by atoms with E-state index in [0.717, 1.165) is 24.0 Å². The summed E-state index contributed by atoms with van der Waals surface area (Å²) < 4.78 is 1.68. The van der Waals surface area contributed by atoms with Crippen LogP contribution in [0.1, 0.15) is 30.0 Å². The van der Waals surface area contributed by atoms with Crippen LogP contribution in [0.2, 0.25) is 0 Å². The molecule has 3 amide bonds. The van der Waals surface area contributed by atoms with Crippen molar-refractivity contribution in [1.29, 1.82) is 0 Å². The Bertz CT molecular complexity index is 1200. The highest BCUT2D eigenvalue weighted by Crippen LogP contribution is 2.36. The molecule has 1 fully saturated rings. The molecule has 0 unspecified atom stereocenters. The normalized spacial score (nSPS) is 13.3. The lowest BCUT2D eigenvalue weighted by atomic mass is 10.1. The summed E-state index contributed by atoms with van der Waals surface area (Å²) in [6, 6.07) is 12.3. The molecule has 0 bridgehead atoms. The van der Waals surface area contributed by atoms with E-state index in [1.54, 1.807) is 22.8 Å². The molecule has 0 spiro atoms. The van der Waals surface area contributed by atoms with E-state index in [2.05, 4.69) is 15.6 Å². The number of rotatable bonds is 5. The van der Waals surface area contributed by atoms with Crippen molar-refractivity contribution < 1.29 is 9.59 Å². The number of urea groups is 1. The molecule has 0 saturated heterocycles. The minimum absolute atomic E-state index is 0.0162. The van der Waals surface area contributed by atoms with Gasteiger partial charge in [0.2, 0.25) is 5.91 Å². The minimum atomic E-state index is -0.583. The molecule has 4 rings (SSSR count). The number of anilines is 1. The van der Waals surface area contributed by atoms with Crippen molar-refractivity contribution in [3.8, 4) is 0 Å². The number of fused-ring (bicyclic) bond motifs is 1. The second-order valence-electron chi connectivity index (χ2n) is 7.36. The molecule has 0 aliphatic heterocycles. The lowest BCUT2D eigenvalue weighted by Crippen LogP contribution is -2.36. The molecule has 7 nitrogen and oxygen atoms in total. The molecular weight excluding hydrogens is 400 g/mol. The third-order valence-electron chi connectivity index (χ3n) is 5.13. The third kappa shape index (κ3) is 4.23. The molecule has 8 heteroatoms. The number of para-hydroxylation sites is 1.